The number of aryl methyl sites for hydroxylation is 1. The van der Waals surface area contributed by atoms with Crippen LogP contribution in [-0.4, -0.2) is 42.9 Å². The van der Waals surface area contributed by atoms with E-state index < -0.39 is 5.67 Å². The lowest BCUT2D eigenvalue weighted by Crippen LogP contribution is -2.47. The SMILES string of the molecule is C=C(OCc1ccccc1)N1CCC(F)(CNC2CC2c2ccc3c(c2)CCCO3)CC1. The maximum Gasteiger partial charge on any atom is 0.182 e. The van der Waals surface area contributed by atoms with Crippen molar-refractivity contribution < 1.29 is 13.9 Å². The molecule has 1 saturated carbocycles. The second-order valence-corrected chi connectivity index (χ2v) is 9.45. The van der Waals surface area contributed by atoms with Crippen molar-refractivity contribution in [2.75, 3.05) is 26.2 Å². The smallest absolute Gasteiger partial charge is 0.182 e. The second-order valence-electron chi connectivity index (χ2n) is 9.45. The number of likely N-dealkylation sites (tertiary alicyclic amines) is 1. The van der Waals surface area contributed by atoms with Gasteiger partial charge in [0.2, 0.25) is 0 Å². The summed E-state index contributed by atoms with van der Waals surface area (Å²) < 4.78 is 27.0. The molecule has 2 atom stereocenters. The molecular formula is C27H33FN2O2. The van der Waals surface area contributed by atoms with Gasteiger partial charge < -0.3 is 19.7 Å². The first-order valence-corrected chi connectivity index (χ1v) is 11.9. The van der Waals surface area contributed by atoms with Gasteiger partial charge in [-0.3, -0.25) is 0 Å². The third-order valence-electron chi connectivity index (χ3n) is 7.09. The molecule has 2 aliphatic heterocycles. The Morgan fingerprint density at radius 1 is 1.19 bits per heavy atom. The molecule has 1 aliphatic carbocycles. The minimum Gasteiger partial charge on any atom is -0.493 e. The molecule has 5 rings (SSSR count). The summed E-state index contributed by atoms with van der Waals surface area (Å²) in [5.74, 6) is 2.17. The van der Waals surface area contributed by atoms with Gasteiger partial charge in [-0.25, -0.2) is 4.39 Å². The Kier molecular flexibility index (Phi) is 6.09. The molecule has 170 valence electrons. The Labute approximate surface area is 190 Å². The Morgan fingerprint density at radius 2 is 2.00 bits per heavy atom. The molecule has 0 bridgehead atoms. The van der Waals surface area contributed by atoms with Gasteiger partial charge in [0, 0.05) is 44.4 Å². The zero-order chi connectivity index (χ0) is 22.0. The first kappa shape index (κ1) is 21.3. The van der Waals surface area contributed by atoms with Gasteiger partial charge in [0.25, 0.3) is 0 Å². The molecule has 1 saturated heterocycles. The van der Waals surface area contributed by atoms with Crippen LogP contribution in [0.25, 0.3) is 0 Å². The van der Waals surface area contributed by atoms with Gasteiger partial charge in [-0.1, -0.05) is 42.5 Å². The fraction of sp³-hybridized carbons (Fsp3) is 0.481. The number of piperidine rings is 1. The van der Waals surface area contributed by atoms with Crippen LogP contribution in [0.2, 0.25) is 0 Å². The average molecular weight is 437 g/mol. The predicted molar refractivity (Wildman–Crippen MR) is 124 cm³/mol. The van der Waals surface area contributed by atoms with E-state index in [1.807, 2.05) is 30.3 Å². The number of nitrogens with one attached hydrogen (secondary N) is 1. The van der Waals surface area contributed by atoms with E-state index in [0.717, 1.165) is 37.2 Å². The van der Waals surface area contributed by atoms with Gasteiger partial charge in [0.05, 0.1) is 6.61 Å². The Hall–Kier alpha value is -2.53. The molecule has 2 unspecified atom stereocenters. The maximum atomic E-state index is 15.4. The predicted octanol–water partition coefficient (Wildman–Crippen LogP) is 4.95. The van der Waals surface area contributed by atoms with Gasteiger partial charge in [-0.2, -0.15) is 0 Å². The van der Waals surface area contributed by atoms with Gasteiger partial charge in [-0.15, -0.1) is 0 Å². The lowest BCUT2D eigenvalue weighted by molar-refractivity contribution is 0.0296. The molecule has 3 aliphatic rings. The van der Waals surface area contributed by atoms with Crippen molar-refractivity contribution in [2.45, 2.75) is 56.3 Å². The second kappa shape index (κ2) is 9.14. The highest BCUT2D eigenvalue weighted by atomic mass is 19.1. The van der Waals surface area contributed by atoms with E-state index in [1.54, 1.807) is 0 Å². The van der Waals surface area contributed by atoms with Crippen LogP contribution in [0.15, 0.2) is 61.0 Å². The number of benzene rings is 2. The number of hydrogen-bond donors (Lipinski definition) is 1. The zero-order valence-electron chi connectivity index (χ0n) is 18.7. The summed E-state index contributed by atoms with van der Waals surface area (Å²) in [7, 11) is 0. The summed E-state index contributed by atoms with van der Waals surface area (Å²) in [4.78, 5) is 2.07. The summed E-state index contributed by atoms with van der Waals surface area (Å²) in [6.07, 6.45) is 4.28. The first-order valence-electron chi connectivity index (χ1n) is 11.9. The van der Waals surface area contributed by atoms with Crippen LogP contribution < -0.4 is 10.1 Å². The lowest BCUT2D eigenvalue weighted by Gasteiger charge is -2.38. The summed E-state index contributed by atoms with van der Waals surface area (Å²) in [6.45, 7) is 7.09. The average Bonchev–Trinajstić information content (AvgIpc) is 3.62. The van der Waals surface area contributed by atoms with Gasteiger partial charge >= 0.3 is 0 Å². The largest absolute Gasteiger partial charge is 0.493 e. The third-order valence-corrected chi connectivity index (χ3v) is 7.09. The number of hydrogen-bond acceptors (Lipinski definition) is 4. The van der Waals surface area contributed by atoms with Crippen molar-refractivity contribution >= 4 is 0 Å². The van der Waals surface area contributed by atoms with Crippen LogP contribution in [0.4, 0.5) is 4.39 Å². The minimum atomic E-state index is -1.16. The molecule has 5 heteroatoms. The van der Waals surface area contributed by atoms with E-state index in [2.05, 4.69) is 35.0 Å². The quantitative estimate of drug-likeness (QED) is 0.594. The number of nitrogens with zero attached hydrogens (tertiary/aromatic N) is 1. The summed E-state index contributed by atoms with van der Waals surface area (Å²) >= 11 is 0. The maximum absolute atomic E-state index is 15.4. The van der Waals surface area contributed by atoms with Crippen molar-refractivity contribution in [1.29, 1.82) is 0 Å². The highest BCUT2D eigenvalue weighted by Crippen LogP contribution is 2.43. The molecule has 2 heterocycles. The summed E-state index contributed by atoms with van der Waals surface area (Å²) in [5.41, 5.74) is 2.64. The number of alkyl halides is 1. The van der Waals surface area contributed by atoms with Crippen LogP contribution >= 0.6 is 0 Å². The molecule has 4 nitrogen and oxygen atoms in total. The third kappa shape index (κ3) is 4.93. The lowest BCUT2D eigenvalue weighted by atomic mass is 9.93. The fourth-order valence-corrected chi connectivity index (χ4v) is 4.88. The highest BCUT2D eigenvalue weighted by molar-refractivity contribution is 5.42. The van der Waals surface area contributed by atoms with E-state index >= 15 is 4.39 Å². The van der Waals surface area contributed by atoms with Crippen LogP contribution in [0.1, 0.15) is 48.3 Å². The molecular weight excluding hydrogens is 403 g/mol. The first-order chi connectivity index (χ1) is 15.6. The highest BCUT2D eigenvalue weighted by Gasteiger charge is 2.42. The number of fused-ring (bicyclic) bond motifs is 1. The van der Waals surface area contributed by atoms with E-state index in [0.29, 0.717) is 56.9 Å². The molecule has 0 radical (unpaired) electrons. The standard InChI is InChI=1S/C27H33FN2O2/c1-20(32-18-21-6-3-2-4-7-21)30-13-11-27(28,12-14-30)19-29-25-17-24(25)22-9-10-26-23(16-22)8-5-15-31-26/h2-4,6-7,9-10,16,24-25,29H,1,5,8,11-15,17-19H2. The van der Waals surface area contributed by atoms with Crippen molar-refractivity contribution in [1.82, 2.24) is 10.2 Å². The Bertz CT molecular complexity index is 940. The van der Waals surface area contributed by atoms with E-state index in [-0.39, 0.29) is 0 Å². The monoisotopic (exact) mass is 436 g/mol. The number of ether oxygens (including phenoxy) is 2. The van der Waals surface area contributed by atoms with Gasteiger partial charge in [0.15, 0.2) is 5.88 Å². The molecule has 1 N–H and O–H groups in total. The van der Waals surface area contributed by atoms with E-state index in [4.69, 9.17) is 9.47 Å². The minimum absolute atomic E-state index is 0.382. The molecule has 0 aromatic heterocycles. The summed E-state index contributed by atoms with van der Waals surface area (Å²) in [6, 6.07) is 17.0. The Morgan fingerprint density at radius 3 is 2.81 bits per heavy atom. The Balaban J connectivity index is 1.06. The molecule has 2 aromatic carbocycles. The number of halogens is 1. The van der Waals surface area contributed by atoms with Gasteiger partial charge in [0.1, 0.15) is 18.0 Å². The molecule has 2 aromatic rings. The van der Waals surface area contributed by atoms with Crippen LogP contribution in [0.3, 0.4) is 0 Å². The van der Waals surface area contributed by atoms with Gasteiger partial charge in [-0.05, 0) is 48.6 Å². The van der Waals surface area contributed by atoms with Crippen molar-refractivity contribution in [3.05, 3.63) is 77.7 Å². The van der Waals surface area contributed by atoms with Crippen molar-refractivity contribution in [2.24, 2.45) is 0 Å². The molecule has 0 spiro atoms. The van der Waals surface area contributed by atoms with Crippen LogP contribution in [-0.2, 0) is 17.8 Å². The topological polar surface area (TPSA) is 33.7 Å². The molecule has 2 fully saturated rings. The van der Waals surface area contributed by atoms with Crippen molar-refractivity contribution in [3.8, 4) is 5.75 Å². The number of rotatable bonds is 8. The van der Waals surface area contributed by atoms with E-state index in [9.17, 15) is 0 Å². The van der Waals surface area contributed by atoms with Crippen LogP contribution in [0.5, 0.6) is 5.75 Å². The molecule has 32 heavy (non-hydrogen) atoms. The fourth-order valence-electron chi connectivity index (χ4n) is 4.88. The normalized spacial score (nSPS) is 23.7. The molecule has 0 amide bonds. The summed E-state index contributed by atoms with van der Waals surface area (Å²) in [5, 5.41) is 3.51. The van der Waals surface area contributed by atoms with Crippen LogP contribution in [0, 0.1) is 0 Å². The van der Waals surface area contributed by atoms with Crippen molar-refractivity contribution in [3.63, 3.8) is 0 Å². The zero-order valence-corrected chi connectivity index (χ0v) is 18.7. The van der Waals surface area contributed by atoms with E-state index in [1.165, 1.54) is 11.1 Å².